The van der Waals surface area contributed by atoms with Crippen LogP contribution in [0.1, 0.15) is 70.1 Å². The van der Waals surface area contributed by atoms with Gasteiger partial charge in [0, 0.05) is 0 Å². The van der Waals surface area contributed by atoms with Crippen LogP contribution in [0, 0.1) is 33.5 Å². The molecule has 0 radical (unpaired) electrons. The monoisotopic (exact) mass is 596 g/mol. The summed E-state index contributed by atoms with van der Waals surface area (Å²) in [5.41, 5.74) is 2.48. The molecule has 3 aromatic rings. The van der Waals surface area contributed by atoms with Gasteiger partial charge in [-0.2, -0.15) is 10.5 Å². The van der Waals surface area contributed by atoms with Crippen LogP contribution in [-0.4, -0.2) is 32.4 Å². The van der Waals surface area contributed by atoms with Gasteiger partial charge in [0.1, 0.15) is 17.2 Å². The summed E-state index contributed by atoms with van der Waals surface area (Å²) in [6.07, 6.45) is 3.75. The predicted molar refractivity (Wildman–Crippen MR) is 171 cm³/mol. The summed E-state index contributed by atoms with van der Waals surface area (Å²) in [5, 5.41) is 27.2. The van der Waals surface area contributed by atoms with E-state index < -0.39 is 11.4 Å². The Morgan fingerprint density at radius 1 is 0.682 bits per heavy atom. The lowest BCUT2D eigenvalue weighted by atomic mass is 9.52. The zero-order valence-corrected chi connectivity index (χ0v) is 26.9. The number of benzene rings is 3. The number of carboxylic acid groups (broad SMARTS) is 1. The lowest BCUT2D eigenvalue weighted by Gasteiger charge is -2.50. The highest BCUT2D eigenvalue weighted by Crippen LogP contribution is 2.56. The van der Waals surface area contributed by atoms with Gasteiger partial charge < -0.3 is 19.3 Å². The van der Waals surface area contributed by atoms with E-state index in [-0.39, 0.29) is 10.8 Å². The second-order valence-corrected chi connectivity index (χ2v) is 13.3. The number of aliphatic carboxylic acids is 1. The summed E-state index contributed by atoms with van der Waals surface area (Å²) in [6.45, 7) is 8.65. The van der Waals surface area contributed by atoms with E-state index in [9.17, 15) is 15.2 Å². The molecule has 0 saturated heterocycles. The lowest BCUT2D eigenvalue weighted by Crippen LogP contribution is -2.52. The first-order valence-electron chi connectivity index (χ1n) is 14.7. The largest absolute Gasteiger partial charge is 0.497 e. The van der Waals surface area contributed by atoms with Gasteiger partial charge in [-0.15, -0.1) is 0 Å². The molecule has 0 unspecified atom stereocenters. The van der Waals surface area contributed by atoms with E-state index >= 15 is 0 Å². The number of nitriles is 2. The molecule has 0 spiro atoms. The van der Waals surface area contributed by atoms with Crippen molar-refractivity contribution < 1.29 is 24.1 Å². The number of methoxy groups -OCH3 is 3. The van der Waals surface area contributed by atoms with Gasteiger partial charge in [0.05, 0.1) is 50.7 Å². The van der Waals surface area contributed by atoms with Crippen molar-refractivity contribution in [1.82, 2.24) is 0 Å². The third kappa shape index (κ3) is 7.91. The first kappa shape index (κ1) is 34.0. The summed E-state index contributed by atoms with van der Waals surface area (Å²) in [4.78, 5) is 11.5. The standard InChI is InChI=1S/C14H17NO.C14H18O3.C9H9NO/c1-13(2)8-14(9-13,10-15)11-4-6-12(16-3)7-5-11;1-13(2)8-14(9-13,12(15)16)10-4-6-11(17-3)7-5-10;1-11-9-4-2-8(3-5-9)6-7-10/h4-7H,8-9H2,1-3H3;4-7H,8-9H2,1-3H3,(H,15,16);2-5H,6H2,1H3. The Morgan fingerprint density at radius 2 is 1.07 bits per heavy atom. The van der Waals surface area contributed by atoms with Crippen molar-refractivity contribution in [2.24, 2.45) is 10.8 Å². The molecular formula is C37H44N2O5. The van der Waals surface area contributed by atoms with Gasteiger partial charge in [-0.1, -0.05) is 64.1 Å². The number of nitrogens with zero attached hydrogens (tertiary/aromatic N) is 2. The highest BCUT2D eigenvalue weighted by molar-refractivity contribution is 5.83. The van der Waals surface area contributed by atoms with Crippen molar-refractivity contribution in [3.8, 4) is 29.4 Å². The van der Waals surface area contributed by atoms with E-state index in [2.05, 4.69) is 39.8 Å². The highest BCUT2D eigenvalue weighted by atomic mass is 16.5. The van der Waals surface area contributed by atoms with Crippen LogP contribution in [0.15, 0.2) is 72.8 Å². The van der Waals surface area contributed by atoms with Crippen molar-refractivity contribution in [1.29, 1.82) is 10.5 Å². The molecule has 7 heteroatoms. The van der Waals surface area contributed by atoms with Gasteiger partial charge in [0.25, 0.3) is 0 Å². The normalized spacial score (nSPS) is 17.6. The molecule has 0 amide bonds. The van der Waals surface area contributed by atoms with Gasteiger partial charge >= 0.3 is 5.97 Å². The maximum atomic E-state index is 11.5. The van der Waals surface area contributed by atoms with Crippen molar-refractivity contribution in [3.05, 3.63) is 89.5 Å². The minimum Gasteiger partial charge on any atom is -0.497 e. The van der Waals surface area contributed by atoms with E-state index in [0.717, 1.165) is 46.8 Å². The molecule has 44 heavy (non-hydrogen) atoms. The number of hydrogen-bond acceptors (Lipinski definition) is 6. The summed E-state index contributed by atoms with van der Waals surface area (Å²) in [5.74, 6) is 1.71. The van der Waals surface area contributed by atoms with E-state index in [1.54, 1.807) is 21.3 Å². The molecule has 5 rings (SSSR count). The molecule has 2 aliphatic rings. The molecule has 2 aliphatic carbocycles. The topological polar surface area (TPSA) is 113 Å². The van der Waals surface area contributed by atoms with Crippen LogP contribution in [0.25, 0.3) is 0 Å². The van der Waals surface area contributed by atoms with E-state index in [0.29, 0.717) is 24.7 Å². The number of hydrogen-bond donors (Lipinski definition) is 1. The van der Waals surface area contributed by atoms with Crippen molar-refractivity contribution in [2.45, 2.75) is 70.6 Å². The Morgan fingerprint density at radius 3 is 1.39 bits per heavy atom. The predicted octanol–water partition coefficient (Wildman–Crippen LogP) is 7.88. The minimum atomic E-state index is -0.720. The minimum absolute atomic E-state index is 0.123. The fraction of sp³-hybridized carbons (Fsp3) is 0.432. The summed E-state index contributed by atoms with van der Waals surface area (Å²) in [7, 11) is 4.88. The van der Waals surface area contributed by atoms with Gasteiger partial charge in [-0.3, -0.25) is 4.79 Å². The molecule has 0 heterocycles. The van der Waals surface area contributed by atoms with Crippen molar-refractivity contribution in [3.63, 3.8) is 0 Å². The quantitative estimate of drug-likeness (QED) is 0.295. The number of rotatable bonds is 7. The van der Waals surface area contributed by atoms with Crippen LogP contribution in [0.4, 0.5) is 0 Å². The first-order chi connectivity index (χ1) is 20.8. The smallest absolute Gasteiger partial charge is 0.314 e. The lowest BCUT2D eigenvalue weighted by molar-refractivity contribution is -0.153. The third-order valence-corrected chi connectivity index (χ3v) is 8.47. The zero-order valence-electron chi connectivity index (χ0n) is 26.9. The molecule has 7 nitrogen and oxygen atoms in total. The number of carboxylic acids is 1. The Kier molecular flexibility index (Phi) is 10.7. The highest BCUT2D eigenvalue weighted by Gasteiger charge is 2.55. The molecule has 2 fully saturated rings. The molecule has 0 atom stereocenters. The second kappa shape index (κ2) is 13.9. The van der Waals surface area contributed by atoms with Crippen LogP contribution in [0.5, 0.6) is 17.2 Å². The van der Waals surface area contributed by atoms with Gasteiger partial charge in [0.15, 0.2) is 0 Å². The van der Waals surface area contributed by atoms with Crippen molar-refractivity contribution >= 4 is 5.97 Å². The molecule has 1 N–H and O–H groups in total. The van der Waals surface area contributed by atoms with Crippen LogP contribution in [0.2, 0.25) is 0 Å². The van der Waals surface area contributed by atoms with Crippen LogP contribution >= 0.6 is 0 Å². The van der Waals surface area contributed by atoms with Gasteiger partial charge in [-0.05, 0) is 89.6 Å². The zero-order chi connectivity index (χ0) is 32.6. The SMILES string of the molecule is COc1ccc(C2(C#N)CC(C)(C)C2)cc1.COc1ccc(C2(C(=O)O)CC(C)(C)C2)cc1.COc1ccc(CC#N)cc1. The Balaban J connectivity index is 0.000000185. The molecular weight excluding hydrogens is 552 g/mol. The fourth-order valence-corrected chi connectivity index (χ4v) is 6.65. The van der Waals surface area contributed by atoms with Crippen LogP contribution in [-0.2, 0) is 22.0 Å². The number of carbonyl (C=O) groups is 1. The van der Waals surface area contributed by atoms with Crippen LogP contribution < -0.4 is 14.2 Å². The van der Waals surface area contributed by atoms with Gasteiger partial charge in [0.2, 0.25) is 0 Å². The van der Waals surface area contributed by atoms with E-state index in [1.807, 2.05) is 72.8 Å². The summed E-state index contributed by atoms with van der Waals surface area (Å²) >= 11 is 0. The molecule has 0 aliphatic heterocycles. The molecule has 0 bridgehead atoms. The maximum Gasteiger partial charge on any atom is 0.314 e. The average molecular weight is 597 g/mol. The number of ether oxygens (including phenoxy) is 3. The Labute approximate surface area is 262 Å². The van der Waals surface area contributed by atoms with E-state index in [1.165, 1.54) is 0 Å². The molecule has 3 aromatic carbocycles. The molecule has 2 saturated carbocycles. The molecule has 0 aromatic heterocycles. The van der Waals surface area contributed by atoms with E-state index in [4.69, 9.17) is 19.5 Å². The Hall–Kier alpha value is -4.49. The second-order valence-electron chi connectivity index (χ2n) is 13.3. The third-order valence-electron chi connectivity index (χ3n) is 8.47. The van der Waals surface area contributed by atoms with Crippen molar-refractivity contribution in [2.75, 3.05) is 21.3 Å². The fourth-order valence-electron chi connectivity index (χ4n) is 6.65. The molecule has 232 valence electrons. The maximum absolute atomic E-state index is 11.5. The van der Waals surface area contributed by atoms with Crippen LogP contribution in [0.3, 0.4) is 0 Å². The average Bonchev–Trinajstić information content (AvgIpc) is 2.99. The van der Waals surface area contributed by atoms with Gasteiger partial charge in [-0.25, -0.2) is 0 Å². The first-order valence-corrected chi connectivity index (χ1v) is 14.7. The Bertz CT molecular complexity index is 1460. The summed E-state index contributed by atoms with van der Waals surface area (Å²) < 4.78 is 15.2. The summed E-state index contributed by atoms with van der Waals surface area (Å²) in [6, 6.07) is 27.3.